The van der Waals surface area contributed by atoms with Gasteiger partial charge in [-0.2, -0.15) is 0 Å². The molecule has 0 aliphatic carbocycles. The molecular formula is C13H22N2O2. The molecule has 0 aromatic rings. The maximum absolute atomic E-state index is 11.8. The Bertz CT molecular complexity index is 291. The number of amides is 2. The highest BCUT2D eigenvalue weighted by molar-refractivity contribution is 6.04. The van der Waals surface area contributed by atoms with Gasteiger partial charge in [0, 0.05) is 24.4 Å². The Hall–Kier alpha value is -0.900. The van der Waals surface area contributed by atoms with Crippen LogP contribution in [0.25, 0.3) is 0 Å². The van der Waals surface area contributed by atoms with Crippen molar-refractivity contribution in [3.63, 3.8) is 0 Å². The summed E-state index contributed by atoms with van der Waals surface area (Å²) in [5.74, 6) is -0.233. The zero-order valence-electron chi connectivity index (χ0n) is 10.7. The number of hydrogen-bond donors (Lipinski definition) is 1. The second-order valence-electron chi connectivity index (χ2n) is 5.34. The topological polar surface area (TPSA) is 49.4 Å². The van der Waals surface area contributed by atoms with E-state index < -0.39 is 0 Å². The van der Waals surface area contributed by atoms with E-state index in [0.717, 1.165) is 19.4 Å². The third kappa shape index (κ3) is 2.51. The van der Waals surface area contributed by atoms with Crippen molar-refractivity contribution < 1.29 is 9.59 Å². The van der Waals surface area contributed by atoms with Gasteiger partial charge in [0.25, 0.3) is 0 Å². The van der Waals surface area contributed by atoms with Crippen LogP contribution in [0.4, 0.5) is 0 Å². The van der Waals surface area contributed by atoms with Crippen LogP contribution in [0.1, 0.15) is 39.5 Å². The van der Waals surface area contributed by atoms with Crippen molar-refractivity contribution in [3.05, 3.63) is 0 Å². The minimum Gasteiger partial charge on any atom is -0.314 e. The summed E-state index contributed by atoms with van der Waals surface area (Å²) in [6.07, 6.45) is 4.48. The molecule has 2 rings (SSSR count). The highest BCUT2D eigenvalue weighted by atomic mass is 16.2. The van der Waals surface area contributed by atoms with Gasteiger partial charge < -0.3 is 5.32 Å². The highest BCUT2D eigenvalue weighted by Crippen LogP contribution is 2.25. The van der Waals surface area contributed by atoms with Gasteiger partial charge in [0.1, 0.15) is 0 Å². The monoisotopic (exact) mass is 238 g/mol. The van der Waals surface area contributed by atoms with Gasteiger partial charge in [-0.05, 0) is 32.2 Å². The molecule has 0 radical (unpaired) electrons. The predicted molar refractivity (Wildman–Crippen MR) is 65.3 cm³/mol. The van der Waals surface area contributed by atoms with E-state index >= 15 is 0 Å². The van der Waals surface area contributed by atoms with Crippen LogP contribution in [0.2, 0.25) is 0 Å². The van der Waals surface area contributed by atoms with E-state index in [0.29, 0.717) is 12.6 Å². The number of imide groups is 1. The molecule has 0 aromatic carbocycles. The number of nitrogens with one attached hydrogen (secondary N) is 1. The summed E-state index contributed by atoms with van der Waals surface area (Å²) in [5.41, 5.74) is 0. The van der Waals surface area contributed by atoms with Crippen LogP contribution >= 0.6 is 0 Å². The molecule has 2 amide bonds. The number of carbonyl (C=O) groups is 2. The molecule has 96 valence electrons. The molecule has 2 aliphatic rings. The van der Waals surface area contributed by atoms with E-state index in [1.54, 1.807) is 0 Å². The minimum atomic E-state index is -0.132. The first-order chi connectivity index (χ1) is 8.11. The lowest BCUT2D eigenvalue weighted by atomic mass is 10.00. The lowest BCUT2D eigenvalue weighted by molar-refractivity contribution is -0.139. The molecule has 4 nitrogen and oxygen atoms in total. The van der Waals surface area contributed by atoms with Crippen molar-refractivity contribution in [2.75, 3.05) is 13.1 Å². The average Bonchev–Trinajstić information content (AvgIpc) is 2.89. The zero-order chi connectivity index (χ0) is 12.4. The molecule has 3 atom stereocenters. The van der Waals surface area contributed by atoms with Crippen LogP contribution in [-0.4, -0.2) is 35.8 Å². The molecule has 2 fully saturated rings. The fourth-order valence-corrected chi connectivity index (χ4v) is 2.75. The quantitative estimate of drug-likeness (QED) is 0.748. The summed E-state index contributed by atoms with van der Waals surface area (Å²) in [7, 11) is 0. The largest absolute Gasteiger partial charge is 0.314 e. The first-order valence-electron chi connectivity index (χ1n) is 6.70. The Morgan fingerprint density at radius 3 is 2.41 bits per heavy atom. The normalized spacial score (nSPS) is 33.8. The van der Waals surface area contributed by atoms with Crippen LogP contribution in [-0.2, 0) is 9.59 Å². The first kappa shape index (κ1) is 12.6. The Kier molecular flexibility index (Phi) is 3.82. The number of likely N-dealkylation sites (tertiary alicyclic amines) is 1. The second kappa shape index (κ2) is 5.17. The van der Waals surface area contributed by atoms with Gasteiger partial charge in [-0.15, -0.1) is 0 Å². The van der Waals surface area contributed by atoms with Gasteiger partial charge in [-0.25, -0.2) is 0 Å². The van der Waals surface area contributed by atoms with Gasteiger partial charge in [0.05, 0.1) is 0 Å². The van der Waals surface area contributed by atoms with E-state index in [1.807, 2.05) is 13.8 Å². The smallest absolute Gasteiger partial charge is 0.232 e. The molecule has 0 bridgehead atoms. The summed E-state index contributed by atoms with van der Waals surface area (Å²) in [5, 5.41) is 3.43. The Labute approximate surface area is 103 Å². The van der Waals surface area contributed by atoms with Gasteiger partial charge in [-0.3, -0.25) is 14.5 Å². The predicted octanol–water partition coefficient (Wildman–Crippen LogP) is 1.16. The molecule has 0 aromatic heterocycles. The summed E-state index contributed by atoms with van der Waals surface area (Å²) < 4.78 is 0. The average molecular weight is 238 g/mol. The van der Waals surface area contributed by atoms with Crippen molar-refractivity contribution >= 4 is 11.8 Å². The number of nitrogens with zero attached hydrogens (tertiary/aromatic N) is 1. The molecule has 3 unspecified atom stereocenters. The Morgan fingerprint density at radius 1 is 1.24 bits per heavy atom. The molecule has 17 heavy (non-hydrogen) atoms. The maximum atomic E-state index is 11.8. The number of rotatable bonds is 4. The molecule has 0 saturated carbocycles. The van der Waals surface area contributed by atoms with Crippen LogP contribution in [0.15, 0.2) is 0 Å². The molecule has 1 N–H and O–H groups in total. The van der Waals surface area contributed by atoms with Crippen LogP contribution in [0, 0.1) is 11.8 Å². The van der Waals surface area contributed by atoms with Crippen LogP contribution in [0.5, 0.6) is 0 Å². The minimum absolute atomic E-state index is 0.0156. The van der Waals surface area contributed by atoms with Crippen LogP contribution in [0.3, 0.4) is 0 Å². The lowest BCUT2D eigenvalue weighted by Crippen LogP contribution is -2.33. The third-order valence-electron chi connectivity index (χ3n) is 4.16. The van der Waals surface area contributed by atoms with Crippen molar-refractivity contribution in [3.8, 4) is 0 Å². The summed E-state index contributed by atoms with van der Waals surface area (Å²) in [6, 6.07) is 0.595. The summed E-state index contributed by atoms with van der Waals surface area (Å²) >= 11 is 0. The van der Waals surface area contributed by atoms with Gasteiger partial charge >= 0.3 is 0 Å². The van der Waals surface area contributed by atoms with Gasteiger partial charge in [-0.1, -0.05) is 13.8 Å². The van der Waals surface area contributed by atoms with Crippen molar-refractivity contribution in [1.29, 1.82) is 0 Å². The van der Waals surface area contributed by atoms with E-state index in [-0.39, 0.29) is 23.7 Å². The summed E-state index contributed by atoms with van der Waals surface area (Å²) in [6.45, 7) is 5.41. The molecular weight excluding hydrogens is 216 g/mol. The van der Waals surface area contributed by atoms with Gasteiger partial charge in [0.2, 0.25) is 11.8 Å². The zero-order valence-corrected chi connectivity index (χ0v) is 10.7. The molecule has 2 heterocycles. The third-order valence-corrected chi connectivity index (χ3v) is 4.16. The Morgan fingerprint density at radius 2 is 1.88 bits per heavy atom. The van der Waals surface area contributed by atoms with Gasteiger partial charge in [0.15, 0.2) is 0 Å². The maximum Gasteiger partial charge on any atom is 0.232 e. The SMILES string of the molecule is CC1C(=O)N(CCCC2CCCN2)C(=O)C1C. The lowest BCUT2D eigenvalue weighted by Gasteiger charge is -2.16. The number of carbonyl (C=O) groups excluding carboxylic acids is 2. The van der Waals surface area contributed by atoms with Crippen LogP contribution < -0.4 is 5.32 Å². The fraction of sp³-hybridized carbons (Fsp3) is 0.846. The Balaban J connectivity index is 1.78. The second-order valence-corrected chi connectivity index (χ2v) is 5.34. The standard InChI is InChI=1S/C13H22N2O2/c1-9-10(2)13(17)15(12(9)16)8-4-6-11-5-3-7-14-11/h9-11,14H,3-8H2,1-2H3. The summed E-state index contributed by atoms with van der Waals surface area (Å²) in [4.78, 5) is 25.1. The highest BCUT2D eigenvalue weighted by Gasteiger charge is 2.41. The molecule has 2 aliphatic heterocycles. The fourth-order valence-electron chi connectivity index (χ4n) is 2.75. The number of hydrogen-bond acceptors (Lipinski definition) is 3. The van der Waals surface area contributed by atoms with Crippen molar-refractivity contribution in [1.82, 2.24) is 10.2 Å². The van der Waals surface area contributed by atoms with E-state index in [4.69, 9.17) is 0 Å². The van der Waals surface area contributed by atoms with E-state index in [2.05, 4.69) is 5.32 Å². The van der Waals surface area contributed by atoms with Crippen molar-refractivity contribution in [2.24, 2.45) is 11.8 Å². The first-order valence-corrected chi connectivity index (χ1v) is 6.70. The molecule has 0 spiro atoms. The van der Waals surface area contributed by atoms with E-state index in [1.165, 1.54) is 17.7 Å². The molecule has 2 saturated heterocycles. The van der Waals surface area contributed by atoms with E-state index in [9.17, 15) is 9.59 Å². The molecule has 4 heteroatoms. The van der Waals surface area contributed by atoms with Crippen molar-refractivity contribution in [2.45, 2.75) is 45.6 Å².